The maximum Gasteiger partial charge on any atom is 0.346 e. The van der Waals surface area contributed by atoms with Crippen molar-refractivity contribution in [1.29, 1.82) is 0 Å². The molecule has 0 atom stereocenters. The van der Waals surface area contributed by atoms with Crippen LogP contribution in [0.5, 0.6) is 0 Å². The molecule has 0 heterocycles. The third-order valence-electron chi connectivity index (χ3n) is 1.43. The van der Waals surface area contributed by atoms with Gasteiger partial charge in [0, 0.05) is 0 Å². The van der Waals surface area contributed by atoms with E-state index in [9.17, 15) is 16.8 Å². The first kappa shape index (κ1) is 12.1. The molecule has 1 aromatic rings. The Morgan fingerprint density at radius 1 is 1.07 bits per heavy atom. The monoisotopic (exact) mass is 251 g/mol. The molecule has 2 N–H and O–H groups in total. The van der Waals surface area contributed by atoms with Crippen molar-refractivity contribution in [3.63, 3.8) is 0 Å². The van der Waals surface area contributed by atoms with E-state index >= 15 is 0 Å². The fourth-order valence-electron chi connectivity index (χ4n) is 0.984. The third-order valence-corrected chi connectivity index (χ3v) is 4.00. The largest absolute Gasteiger partial charge is 0.346 e. The zero-order valence-electron chi connectivity index (χ0n) is 7.49. The van der Waals surface area contributed by atoms with Crippen molar-refractivity contribution in [2.75, 3.05) is 0 Å². The highest BCUT2D eigenvalue weighted by Crippen LogP contribution is 2.04. The molecule has 0 fully saturated rings. The summed E-state index contributed by atoms with van der Waals surface area (Å²) >= 11 is 0. The second-order valence-electron chi connectivity index (χ2n) is 2.80. The fourth-order valence-corrected chi connectivity index (χ4v) is 3.13. The van der Waals surface area contributed by atoms with Crippen LogP contribution in [0.2, 0.25) is 0 Å². The van der Waals surface area contributed by atoms with E-state index in [4.69, 9.17) is 4.55 Å². The second-order valence-corrected chi connectivity index (χ2v) is 5.94. The second kappa shape index (κ2) is 4.27. The van der Waals surface area contributed by atoms with E-state index in [-0.39, 0.29) is 0 Å². The average Bonchev–Trinajstić information content (AvgIpc) is 1.99. The predicted molar refractivity (Wildman–Crippen MR) is 53.8 cm³/mol. The van der Waals surface area contributed by atoms with Gasteiger partial charge in [-0.1, -0.05) is 34.5 Å². The van der Waals surface area contributed by atoms with Gasteiger partial charge < -0.3 is 0 Å². The van der Waals surface area contributed by atoms with Gasteiger partial charge in [-0.2, -0.15) is 8.42 Å². The Balaban J connectivity index is 2.83. The number of sulfonamides is 1. The van der Waals surface area contributed by atoms with Crippen LogP contribution in [-0.2, 0) is 26.1 Å². The van der Waals surface area contributed by atoms with Gasteiger partial charge in [-0.05, 0) is 5.56 Å². The van der Waals surface area contributed by atoms with Crippen LogP contribution < -0.4 is 4.13 Å². The predicted octanol–water partition coefficient (Wildman–Crippen LogP) is -0.0912. The molecule has 0 aromatic heterocycles. The quantitative estimate of drug-likeness (QED) is 0.728. The fraction of sp³-hybridized carbons (Fsp3) is 0.143. The highest BCUT2D eigenvalue weighted by atomic mass is 32.3. The normalized spacial score (nSPS) is 12.6. The highest BCUT2D eigenvalue weighted by Gasteiger charge is 2.18. The standard InChI is InChI=1S/C7H9NO5S2/c9-14(10,8-15(11,12)13)6-7-4-2-1-3-5-7/h1-5,8H,6H2,(H,11,12,13). The molecule has 0 amide bonds. The molecule has 1 aromatic carbocycles. The highest BCUT2D eigenvalue weighted by molar-refractivity contribution is 8.01. The molecule has 15 heavy (non-hydrogen) atoms. The lowest BCUT2D eigenvalue weighted by atomic mass is 10.2. The molecule has 0 bridgehead atoms. The van der Waals surface area contributed by atoms with Crippen LogP contribution >= 0.6 is 0 Å². The molecular formula is C7H9NO5S2. The molecule has 8 heteroatoms. The molecule has 0 radical (unpaired) electrons. The third kappa shape index (κ3) is 4.88. The first-order valence-corrected chi connectivity index (χ1v) is 6.90. The summed E-state index contributed by atoms with van der Waals surface area (Å²) in [6.45, 7) is 0. The van der Waals surface area contributed by atoms with Gasteiger partial charge in [0.15, 0.2) is 0 Å². The Morgan fingerprint density at radius 3 is 2.07 bits per heavy atom. The van der Waals surface area contributed by atoms with E-state index in [0.29, 0.717) is 5.56 Å². The topological polar surface area (TPSA) is 101 Å². The summed E-state index contributed by atoms with van der Waals surface area (Å²) in [6.07, 6.45) is 0. The number of hydrogen-bond acceptors (Lipinski definition) is 4. The Labute approximate surface area is 87.9 Å². The Hall–Kier alpha value is -0.960. The van der Waals surface area contributed by atoms with E-state index in [1.807, 2.05) is 0 Å². The van der Waals surface area contributed by atoms with Gasteiger partial charge in [0.1, 0.15) is 0 Å². The van der Waals surface area contributed by atoms with Gasteiger partial charge >= 0.3 is 10.3 Å². The number of benzene rings is 1. The van der Waals surface area contributed by atoms with Crippen LogP contribution in [0.1, 0.15) is 5.56 Å². The van der Waals surface area contributed by atoms with E-state index in [2.05, 4.69) is 0 Å². The van der Waals surface area contributed by atoms with Crippen molar-refractivity contribution in [1.82, 2.24) is 4.13 Å². The summed E-state index contributed by atoms with van der Waals surface area (Å²) in [6, 6.07) is 8.01. The van der Waals surface area contributed by atoms with Crippen LogP contribution in [0.25, 0.3) is 0 Å². The maximum atomic E-state index is 11.2. The van der Waals surface area contributed by atoms with Crippen molar-refractivity contribution in [3.8, 4) is 0 Å². The summed E-state index contributed by atoms with van der Waals surface area (Å²) in [5.41, 5.74) is 0.425. The number of rotatable bonds is 4. The minimum absolute atomic E-state index is 0.425. The van der Waals surface area contributed by atoms with E-state index in [1.165, 1.54) is 12.1 Å². The van der Waals surface area contributed by atoms with Gasteiger partial charge in [-0.15, -0.1) is 0 Å². The molecule has 0 saturated carbocycles. The van der Waals surface area contributed by atoms with E-state index in [1.54, 1.807) is 18.2 Å². The van der Waals surface area contributed by atoms with Gasteiger partial charge in [-0.3, -0.25) is 4.55 Å². The van der Waals surface area contributed by atoms with Crippen molar-refractivity contribution in [2.45, 2.75) is 5.75 Å². The van der Waals surface area contributed by atoms with Gasteiger partial charge in [0.2, 0.25) is 10.0 Å². The Morgan fingerprint density at radius 2 is 1.60 bits per heavy atom. The minimum Gasteiger partial charge on any atom is -0.273 e. The van der Waals surface area contributed by atoms with Crippen molar-refractivity contribution in [2.24, 2.45) is 0 Å². The molecular weight excluding hydrogens is 242 g/mol. The first-order valence-electron chi connectivity index (χ1n) is 3.81. The zero-order chi connectivity index (χ0) is 11.5. The van der Waals surface area contributed by atoms with E-state index in [0.717, 1.165) is 4.13 Å². The molecule has 84 valence electrons. The lowest BCUT2D eigenvalue weighted by molar-refractivity contribution is 0.477. The summed E-state index contributed by atoms with van der Waals surface area (Å²) in [5.74, 6) is -0.506. The van der Waals surface area contributed by atoms with Crippen LogP contribution in [0.15, 0.2) is 30.3 Å². The number of hydrogen-bond donors (Lipinski definition) is 2. The van der Waals surface area contributed by atoms with Gasteiger partial charge in [0.25, 0.3) is 0 Å². The molecule has 0 spiro atoms. The summed E-state index contributed by atoms with van der Waals surface area (Å²) in [5, 5.41) is 0. The van der Waals surface area contributed by atoms with Crippen LogP contribution in [0.3, 0.4) is 0 Å². The average molecular weight is 251 g/mol. The van der Waals surface area contributed by atoms with Crippen molar-refractivity contribution < 1.29 is 21.4 Å². The molecule has 0 aliphatic rings. The van der Waals surface area contributed by atoms with E-state index < -0.39 is 26.1 Å². The van der Waals surface area contributed by atoms with Crippen LogP contribution in [0.4, 0.5) is 0 Å². The van der Waals surface area contributed by atoms with Crippen molar-refractivity contribution >= 4 is 20.3 Å². The summed E-state index contributed by atoms with van der Waals surface area (Å²) in [4.78, 5) is 0. The lowest BCUT2D eigenvalue weighted by Gasteiger charge is -2.03. The zero-order valence-corrected chi connectivity index (χ0v) is 9.12. The molecule has 0 unspecified atom stereocenters. The minimum atomic E-state index is -4.74. The summed E-state index contributed by atoms with van der Waals surface area (Å²) in [7, 11) is -8.82. The lowest BCUT2D eigenvalue weighted by Crippen LogP contribution is -2.30. The van der Waals surface area contributed by atoms with Crippen LogP contribution in [0, 0.1) is 0 Å². The molecule has 1 rings (SSSR count). The van der Waals surface area contributed by atoms with Gasteiger partial charge in [0.05, 0.1) is 5.75 Å². The SMILES string of the molecule is O=S(=O)(O)NS(=O)(=O)Cc1ccccc1. The van der Waals surface area contributed by atoms with Crippen molar-refractivity contribution in [3.05, 3.63) is 35.9 Å². The molecule has 0 saturated heterocycles. The number of nitrogens with one attached hydrogen (secondary N) is 1. The summed E-state index contributed by atoms with van der Waals surface area (Å²) < 4.78 is 52.4. The smallest absolute Gasteiger partial charge is 0.273 e. The molecule has 6 nitrogen and oxygen atoms in total. The Bertz CT molecular complexity index is 520. The van der Waals surface area contributed by atoms with Crippen LogP contribution in [-0.4, -0.2) is 21.4 Å². The molecule has 0 aliphatic carbocycles. The Kier molecular flexibility index (Phi) is 3.45. The van der Waals surface area contributed by atoms with Gasteiger partial charge in [-0.25, -0.2) is 8.42 Å². The first-order chi connectivity index (χ1) is 6.79. The molecule has 0 aliphatic heterocycles. The maximum absolute atomic E-state index is 11.2.